The van der Waals surface area contributed by atoms with Crippen LogP contribution in [0.2, 0.25) is 0 Å². The van der Waals surface area contributed by atoms with E-state index in [1.807, 2.05) is 96.0 Å². The highest BCUT2D eigenvalue weighted by atomic mass is 28.3. The van der Waals surface area contributed by atoms with Crippen molar-refractivity contribution >= 4 is 28.8 Å². The van der Waals surface area contributed by atoms with E-state index in [2.05, 4.69) is 4.98 Å². The number of aromatic amines is 1. The lowest BCUT2D eigenvalue weighted by atomic mass is 10.1. The minimum atomic E-state index is -5.01. The number of pyridine rings is 1. The molecular formula is C29H20F6N2Si. The second-order valence-corrected chi connectivity index (χ2v) is 12.6. The van der Waals surface area contributed by atoms with E-state index in [1.165, 1.54) is 12.3 Å². The summed E-state index contributed by atoms with van der Waals surface area (Å²) in [5.41, 5.74) is -3.83. The number of benzene rings is 3. The van der Waals surface area contributed by atoms with Crippen molar-refractivity contribution in [2.24, 2.45) is 0 Å². The van der Waals surface area contributed by atoms with Crippen LogP contribution in [0, 0.1) is 0 Å². The molecule has 0 bridgehead atoms. The van der Waals surface area contributed by atoms with Crippen LogP contribution in [0.4, 0.5) is 26.3 Å². The molecule has 192 valence electrons. The largest absolute Gasteiger partial charge is 0.431 e. The van der Waals surface area contributed by atoms with Gasteiger partial charge in [0.15, 0.2) is 8.07 Å². The number of hydrogen-bond donors (Lipinski definition) is 1. The van der Waals surface area contributed by atoms with Gasteiger partial charge in [-0.25, -0.2) is 0 Å². The monoisotopic (exact) mass is 538 g/mol. The number of H-pyrrole nitrogens is 1. The molecule has 5 aromatic rings. The first-order valence-corrected chi connectivity index (χ1v) is 13.6. The maximum absolute atomic E-state index is 13.9. The zero-order valence-corrected chi connectivity index (χ0v) is 20.7. The first-order chi connectivity index (χ1) is 18.1. The van der Waals surface area contributed by atoms with E-state index in [1.54, 1.807) is 6.07 Å². The standard InChI is InChI=1S/C29H20F6N2Si/c30-28(31,32)24-19-26(29(33,34)35)37-27(24)25-18-23(16-17-36-25)38(20-10-4-1-5-11-20,21-12-6-2-7-13-21)22-14-8-3-9-15-22/h1-19,37H. The highest BCUT2D eigenvalue weighted by Gasteiger charge is 2.44. The molecule has 0 saturated carbocycles. The Hall–Kier alpha value is -4.11. The van der Waals surface area contributed by atoms with Crippen LogP contribution in [0.1, 0.15) is 11.3 Å². The molecule has 2 nitrogen and oxygen atoms in total. The molecule has 0 aliphatic heterocycles. The van der Waals surface area contributed by atoms with Crippen molar-refractivity contribution in [2.75, 3.05) is 0 Å². The van der Waals surface area contributed by atoms with E-state index in [-0.39, 0.29) is 11.8 Å². The summed E-state index contributed by atoms with van der Waals surface area (Å²) in [4.78, 5) is 6.05. The van der Waals surface area contributed by atoms with Crippen LogP contribution in [0.25, 0.3) is 11.4 Å². The summed E-state index contributed by atoms with van der Waals surface area (Å²) in [6, 6.07) is 32.2. The van der Waals surface area contributed by atoms with Crippen LogP contribution in [0.3, 0.4) is 0 Å². The third-order valence-electron chi connectivity index (χ3n) is 6.50. The molecule has 0 amide bonds. The normalized spacial score (nSPS) is 12.5. The van der Waals surface area contributed by atoms with E-state index in [0.717, 1.165) is 15.6 Å². The van der Waals surface area contributed by atoms with Crippen molar-refractivity contribution in [2.45, 2.75) is 12.4 Å². The molecule has 1 N–H and O–H groups in total. The molecule has 0 saturated heterocycles. The smallest absolute Gasteiger partial charge is 0.349 e. The predicted molar refractivity (Wildman–Crippen MR) is 138 cm³/mol. The first kappa shape index (κ1) is 25.5. The van der Waals surface area contributed by atoms with Crippen LogP contribution < -0.4 is 20.7 Å². The van der Waals surface area contributed by atoms with Gasteiger partial charge in [0.05, 0.1) is 17.0 Å². The summed E-state index contributed by atoms with van der Waals surface area (Å²) in [5, 5.41) is 3.58. The Balaban J connectivity index is 1.83. The average molecular weight is 539 g/mol. The Morgan fingerprint density at radius 3 is 1.45 bits per heavy atom. The lowest BCUT2D eigenvalue weighted by Gasteiger charge is -2.34. The second kappa shape index (κ2) is 9.64. The first-order valence-electron chi connectivity index (χ1n) is 11.6. The minimum absolute atomic E-state index is 0.0972. The fraction of sp³-hybridized carbons (Fsp3) is 0.0690. The second-order valence-electron chi connectivity index (χ2n) is 8.75. The van der Waals surface area contributed by atoms with E-state index < -0.39 is 37.4 Å². The van der Waals surface area contributed by atoms with Crippen LogP contribution in [-0.4, -0.2) is 18.0 Å². The summed E-state index contributed by atoms with van der Waals surface area (Å²) in [5.74, 6) is 0. The van der Waals surface area contributed by atoms with Crippen molar-refractivity contribution in [3.8, 4) is 11.4 Å². The van der Waals surface area contributed by atoms with Gasteiger partial charge < -0.3 is 4.98 Å². The lowest BCUT2D eigenvalue weighted by Crippen LogP contribution is -2.74. The van der Waals surface area contributed by atoms with Gasteiger partial charge in [0.1, 0.15) is 5.69 Å². The highest BCUT2D eigenvalue weighted by Crippen LogP contribution is 2.40. The van der Waals surface area contributed by atoms with Gasteiger partial charge >= 0.3 is 12.4 Å². The number of nitrogens with zero attached hydrogens (tertiary/aromatic N) is 1. The van der Waals surface area contributed by atoms with Gasteiger partial charge in [-0.05, 0) is 38.9 Å². The topological polar surface area (TPSA) is 28.7 Å². The van der Waals surface area contributed by atoms with Gasteiger partial charge in [0.2, 0.25) is 0 Å². The van der Waals surface area contributed by atoms with Gasteiger partial charge in [0, 0.05) is 6.20 Å². The van der Waals surface area contributed by atoms with Crippen LogP contribution in [-0.2, 0) is 12.4 Å². The summed E-state index contributed by atoms with van der Waals surface area (Å²) in [6.07, 6.45) is -8.64. The van der Waals surface area contributed by atoms with Crippen LogP contribution >= 0.6 is 0 Å². The number of hydrogen-bond acceptors (Lipinski definition) is 1. The Morgan fingerprint density at radius 1 is 0.553 bits per heavy atom. The predicted octanol–water partition coefficient (Wildman–Crippen LogP) is 5.49. The third kappa shape index (κ3) is 4.54. The zero-order chi connectivity index (χ0) is 27.0. The zero-order valence-electron chi connectivity index (χ0n) is 19.7. The number of alkyl halides is 6. The molecule has 3 aromatic carbocycles. The number of rotatable bonds is 5. The van der Waals surface area contributed by atoms with Gasteiger partial charge in [-0.1, -0.05) is 91.0 Å². The van der Waals surface area contributed by atoms with E-state index >= 15 is 0 Å². The van der Waals surface area contributed by atoms with Gasteiger partial charge in [-0.15, -0.1) is 0 Å². The molecule has 0 fully saturated rings. The molecule has 0 radical (unpaired) electrons. The van der Waals surface area contributed by atoms with E-state index in [9.17, 15) is 26.3 Å². The van der Waals surface area contributed by atoms with Crippen molar-refractivity contribution in [3.05, 3.63) is 127 Å². The SMILES string of the molecule is FC(F)(F)c1cc(C(F)(F)F)c(-c2cc([Si](c3ccccc3)(c3ccccc3)c3ccccc3)ccn2)[nH]1. The quantitative estimate of drug-likeness (QED) is 0.179. The summed E-state index contributed by atoms with van der Waals surface area (Å²) in [6.45, 7) is 0. The molecule has 2 heterocycles. The van der Waals surface area contributed by atoms with Crippen molar-refractivity contribution in [1.82, 2.24) is 9.97 Å². The molecule has 0 aliphatic rings. The Labute approximate surface area is 215 Å². The van der Waals surface area contributed by atoms with Crippen molar-refractivity contribution < 1.29 is 26.3 Å². The Bertz CT molecular complexity index is 1430. The van der Waals surface area contributed by atoms with Crippen molar-refractivity contribution in [1.29, 1.82) is 0 Å². The summed E-state index contributed by atoms with van der Waals surface area (Å²) < 4.78 is 81.8. The van der Waals surface area contributed by atoms with E-state index in [0.29, 0.717) is 5.19 Å². The molecule has 0 spiro atoms. The fourth-order valence-electron chi connectivity index (χ4n) is 4.90. The lowest BCUT2D eigenvalue weighted by molar-refractivity contribution is -0.142. The number of aromatic nitrogens is 2. The van der Waals surface area contributed by atoms with E-state index in [4.69, 9.17) is 0 Å². The van der Waals surface area contributed by atoms with Gasteiger partial charge in [-0.3, -0.25) is 4.98 Å². The minimum Gasteiger partial charge on any atom is -0.349 e. The molecule has 38 heavy (non-hydrogen) atoms. The Morgan fingerprint density at radius 2 is 1.03 bits per heavy atom. The summed E-state index contributed by atoms with van der Waals surface area (Å²) in [7, 11) is -3.11. The third-order valence-corrected chi connectivity index (χ3v) is 11.3. The maximum Gasteiger partial charge on any atom is 0.431 e. The molecule has 5 rings (SSSR count). The highest BCUT2D eigenvalue weighted by molar-refractivity contribution is 7.19. The van der Waals surface area contributed by atoms with Crippen molar-refractivity contribution in [3.63, 3.8) is 0 Å². The molecule has 0 atom stereocenters. The molecule has 2 aromatic heterocycles. The fourth-order valence-corrected chi connectivity index (χ4v) is 9.65. The number of nitrogens with one attached hydrogen (secondary N) is 1. The number of halogens is 6. The van der Waals surface area contributed by atoms with Gasteiger partial charge in [0.25, 0.3) is 0 Å². The molecule has 0 aliphatic carbocycles. The maximum atomic E-state index is 13.9. The average Bonchev–Trinajstić information content (AvgIpc) is 3.39. The molecule has 0 unspecified atom stereocenters. The van der Waals surface area contributed by atoms with Gasteiger partial charge in [-0.2, -0.15) is 26.3 Å². The Kier molecular flexibility index (Phi) is 6.48. The van der Waals surface area contributed by atoms with Crippen LogP contribution in [0.5, 0.6) is 0 Å². The molecular weight excluding hydrogens is 518 g/mol. The summed E-state index contributed by atoms with van der Waals surface area (Å²) >= 11 is 0. The molecule has 9 heteroatoms. The van der Waals surface area contributed by atoms with Crippen LogP contribution in [0.15, 0.2) is 115 Å².